The number of carboxylic acid groups (broad SMARTS) is 1. The van der Waals surface area contributed by atoms with Gasteiger partial charge in [0.2, 0.25) is 0 Å². The number of hydrogen-bond donors (Lipinski definition) is 1. The molecule has 0 spiro atoms. The fraction of sp³-hybridized carbons (Fsp3) is 0.800. The Bertz CT molecular complexity index is 365. The fourth-order valence-electron chi connectivity index (χ4n) is 2.00. The van der Waals surface area contributed by atoms with E-state index in [1.54, 1.807) is 4.90 Å². The van der Waals surface area contributed by atoms with Crippen molar-refractivity contribution in [3.8, 4) is 0 Å². The molecule has 0 bridgehead atoms. The average Bonchev–Trinajstić information content (AvgIpc) is 2.39. The van der Waals surface area contributed by atoms with Gasteiger partial charge in [-0.2, -0.15) is 0 Å². The predicted octanol–water partition coefficient (Wildman–Crippen LogP) is -1.04. The second-order valence-electron chi connectivity index (χ2n) is 4.26. The Hall–Kier alpha value is -1.15. The van der Waals surface area contributed by atoms with Crippen molar-refractivity contribution in [2.75, 3.05) is 44.3 Å². The quantitative estimate of drug-likeness (QED) is 0.661. The van der Waals surface area contributed by atoms with Crippen LogP contribution in [-0.4, -0.2) is 81.5 Å². The van der Waals surface area contributed by atoms with Crippen LogP contribution in [0.2, 0.25) is 0 Å². The Morgan fingerprint density at radius 3 is 2.44 bits per heavy atom. The maximum atomic E-state index is 12.1. The predicted molar refractivity (Wildman–Crippen MR) is 63.8 cm³/mol. The minimum absolute atomic E-state index is 0.0771. The zero-order valence-corrected chi connectivity index (χ0v) is 10.7. The van der Waals surface area contributed by atoms with Crippen LogP contribution < -0.4 is 0 Å². The first kappa shape index (κ1) is 13.3. The van der Waals surface area contributed by atoms with Gasteiger partial charge in [-0.1, -0.05) is 0 Å². The highest BCUT2D eigenvalue weighted by molar-refractivity contribution is 7.85. The van der Waals surface area contributed by atoms with Crippen LogP contribution in [0.1, 0.15) is 0 Å². The van der Waals surface area contributed by atoms with Gasteiger partial charge in [0.15, 0.2) is 6.10 Å². The number of rotatable bonds is 1. The van der Waals surface area contributed by atoms with E-state index in [2.05, 4.69) is 0 Å². The number of aliphatic carboxylic acids is 1. The molecule has 0 aliphatic carbocycles. The number of carbonyl (C=O) groups excluding carboxylic acids is 1. The van der Waals surface area contributed by atoms with Crippen molar-refractivity contribution in [1.82, 2.24) is 9.80 Å². The van der Waals surface area contributed by atoms with Crippen molar-refractivity contribution in [3.63, 3.8) is 0 Å². The molecule has 2 amide bonds. The van der Waals surface area contributed by atoms with Crippen molar-refractivity contribution in [3.05, 3.63) is 0 Å². The minimum atomic E-state index is -1.05. The number of carboxylic acids is 1. The molecule has 2 heterocycles. The summed E-state index contributed by atoms with van der Waals surface area (Å²) in [5.74, 6) is -0.0519. The Labute approximate surface area is 107 Å². The van der Waals surface area contributed by atoms with E-state index < -0.39 is 22.9 Å². The first-order chi connectivity index (χ1) is 8.58. The molecular formula is C10H16N2O5S. The van der Waals surface area contributed by atoms with Gasteiger partial charge in [0.05, 0.1) is 13.2 Å². The lowest BCUT2D eigenvalue weighted by Gasteiger charge is -2.36. The third kappa shape index (κ3) is 2.99. The molecule has 2 aliphatic heterocycles. The molecule has 0 aromatic carbocycles. The van der Waals surface area contributed by atoms with E-state index >= 15 is 0 Å². The molecule has 1 atom stereocenters. The Balaban J connectivity index is 1.92. The lowest BCUT2D eigenvalue weighted by molar-refractivity contribution is -0.154. The summed E-state index contributed by atoms with van der Waals surface area (Å²) in [7, 11) is -0.828. The van der Waals surface area contributed by atoms with Crippen LogP contribution in [0.3, 0.4) is 0 Å². The van der Waals surface area contributed by atoms with Crippen LogP contribution in [-0.2, 0) is 20.3 Å². The first-order valence-corrected chi connectivity index (χ1v) is 7.30. The number of morpholine rings is 1. The molecular weight excluding hydrogens is 260 g/mol. The minimum Gasteiger partial charge on any atom is -0.479 e. The summed E-state index contributed by atoms with van der Waals surface area (Å²) < 4.78 is 16.3. The van der Waals surface area contributed by atoms with Gasteiger partial charge < -0.3 is 19.6 Å². The molecule has 1 unspecified atom stereocenters. The normalized spacial score (nSPS) is 26.1. The van der Waals surface area contributed by atoms with Gasteiger partial charge in [-0.05, 0) is 0 Å². The lowest BCUT2D eigenvalue weighted by atomic mass is 10.3. The van der Waals surface area contributed by atoms with Crippen LogP contribution in [0.4, 0.5) is 4.79 Å². The number of urea groups is 1. The average molecular weight is 276 g/mol. The first-order valence-electron chi connectivity index (χ1n) is 5.81. The van der Waals surface area contributed by atoms with Crippen LogP contribution in [0.25, 0.3) is 0 Å². The molecule has 7 nitrogen and oxygen atoms in total. The monoisotopic (exact) mass is 276 g/mol. The highest BCUT2D eigenvalue weighted by atomic mass is 32.2. The Kier molecular flexibility index (Phi) is 4.18. The van der Waals surface area contributed by atoms with Gasteiger partial charge in [-0.25, -0.2) is 9.59 Å². The maximum absolute atomic E-state index is 12.1. The van der Waals surface area contributed by atoms with Crippen molar-refractivity contribution in [2.45, 2.75) is 6.10 Å². The summed E-state index contributed by atoms with van der Waals surface area (Å²) in [6.45, 7) is 1.67. The van der Waals surface area contributed by atoms with E-state index in [-0.39, 0.29) is 19.2 Å². The number of carbonyl (C=O) groups is 2. The number of nitrogens with zero attached hydrogens (tertiary/aromatic N) is 2. The lowest BCUT2D eigenvalue weighted by Crippen LogP contribution is -2.55. The SMILES string of the molecule is O=C(O)C1CN(C(=O)N2CCS(=O)CC2)CCO1. The van der Waals surface area contributed by atoms with Gasteiger partial charge in [-0.15, -0.1) is 0 Å². The van der Waals surface area contributed by atoms with Gasteiger partial charge in [-0.3, -0.25) is 4.21 Å². The topological polar surface area (TPSA) is 87.2 Å². The Morgan fingerprint density at radius 1 is 1.17 bits per heavy atom. The molecule has 2 rings (SSSR count). The second-order valence-corrected chi connectivity index (χ2v) is 5.96. The van der Waals surface area contributed by atoms with E-state index in [1.165, 1.54) is 4.90 Å². The molecule has 0 saturated carbocycles. The molecule has 0 aromatic rings. The standard InChI is InChI=1S/C10H16N2O5S/c13-9(14)8-7-12(1-4-17-8)10(15)11-2-5-18(16)6-3-11/h8H,1-7H2,(H,13,14). The van der Waals surface area contributed by atoms with E-state index in [4.69, 9.17) is 9.84 Å². The molecule has 18 heavy (non-hydrogen) atoms. The van der Waals surface area contributed by atoms with Crippen molar-refractivity contribution in [1.29, 1.82) is 0 Å². The molecule has 1 N–H and O–H groups in total. The van der Waals surface area contributed by atoms with Crippen LogP contribution >= 0.6 is 0 Å². The molecule has 0 radical (unpaired) electrons. The smallest absolute Gasteiger partial charge is 0.334 e. The van der Waals surface area contributed by atoms with Gasteiger partial charge in [0.25, 0.3) is 0 Å². The fourth-order valence-corrected chi connectivity index (χ4v) is 3.05. The van der Waals surface area contributed by atoms with Gasteiger partial charge >= 0.3 is 12.0 Å². The summed E-state index contributed by atoms with van der Waals surface area (Å²) in [4.78, 5) is 26.1. The molecule has 102 valence electrons. The highest BCUT2D eigenvalue weighted by Crippen LogP contribution is 2.10. The summed E-state index contributed by atoms with van der Waals surface area (Å²) in [5, 5.41) is 8.87. The maximum Gasteiger partial charge on any atom is 0.334 e. The second kappa shape index (κ2) is 5.66. The number of hydrogen-bond acceptors (Lipinski definition) is 4. The van der Waals surface area contributed by atoms with Crippen molar-refractivity contribution >= 4 is 22.8 Å². The number of amides is 2. The van der Waals surface area contributed by atoms with E-state index in [0.717, 1.165) is 0 Å². The van der Waals surface area contributed by atoms with Crippen molar-refractivity contribution in [2.24, 2.45) is 0 Å². The molecule has 0 aromatic heterocycles. The zero-order chi connectivity index (χ0) is 13.1. The van der Waals surface area contributed by atoms with Crippen molar-refractivity contribution < 1.29 is 23.6 Å². The third-order valence-corrected chi connectivity index (χ3v) is 4.34. The van der Waals surface area contributed by atoms with Gasteiger partial charge in [0.1, 0.15) is 0 Å². The van der Waals surface area contributed by atoms with E-state index in [1.807, 2.05) is 0 Å². The Morgan fingerprint density at radius 2 is 1.83 bits per heavy atom. The summed E-state index contributed by atoms with van der Waals surface area (Å²) in [5.41, 5.74) is 0. The van der Waals surface area contributed by atoms with E-state index in [9.17, 15) is 13.8 Å². The third-order valence-electron chi connectivity index (χ3n) is 3.06. The molecule has 2 saturated heterocycles. The highest BCUT2D eigenvalue weighted by Gasteiger charge is 2.32. The van der Waals surface area contributed by atoms with Gasteiger partial charge in [0, 0.05) is 41.9 Å². The summed E-state index contributed by atoms with van der Waals surface area (Å²) >= 11 is 0. The molecule has 2 fully saturated rings. The summed E-state index contributed by atoms with van der Waals surface area (Å²) in [6.07, 6.45) is -0.943. The van der Waals surface area contributed by atoms with Crippen LogP contribution in [0.15, 0.2) is 0 Å². The largest absolute Gasteiger partial charge is 0.479 e. The summed E-state index contributed by atoms with van der Waals surface area (Å²) in [6, 6.07) is -0.179. The number of ether oxygens (including phenoxy) is 1. The zero-order valence-electron chi connectivity index (χ0n) is 9.91. The van der Waals surface area contributed by atoms with E-state index in [0.29, 0.717) is 31.1 Å². The molecule has 8 heteroatoms. The van der Waals surface area contributed by atoms with Crippen LogP contribution in [0.5, 0.6) is 0 Å². The van der Waals surface area contributed by atoms with Crippen LogP contribution in [0, 0.1) is 0 Å². The molecule has 2 aliphatic rings.